The summed E-state index contributed by atoms with van der Waals surface area (Å²) in [5.41, 5.74) is 7.26. The molecule has 0 bridgehead atoms. The van der Waals surface area contributed by atoms with Crippen LogP contribution in [0.1, 0.15) is 18.9 Å². The van der Waals surface area contributed by atoms with Crippen LogP contribution in [0.4, 0.5) is 0 Å². The predicted octanol–water partition coefficient (Wildman–Crippen LogP) is 1.08. The lowest BCUT2D eigenvalue weighted by Gasteiger charge is -2.16. The Bertz CT molecular complexity index is 363. The lowest BCUT2D eigenvalue weighted by Crippen LogP contribution is -2.38. The Morgan fingerprint density at radius 1 is 1.31 bits per heavy atom. The Hall–Kier alpha value is -1.35. The Kier molecular flexibility index (Phi) is 3.25. The molecule has 3 heteroatoms. The van der Waals surface area contributed by atoms with Crippen molar-refractivity contribution in [1.29, 1.82) is 0 Å². The molecular formula is C13H18N2O. The molecule has 1 aliphatic rings. The first kappa shape index (κ1) is 11.1. The summed E-state index contributed by atoms with van der Waals surface area (Å²) in [6, 6.07) is 10.1. The number of amides is 1. The standard InChI is InChI=1S/C13H18N2O/c1-2-11-12(14)10(13(16)15-11)8-9-6-4-3-5-7-9/h3-7,10-12H,2,8,14H2,1H3,(H,15,16). The Morgan fingerprint density at radius 3 is 2.56 bits per heavy atom. The number of rotatable bonds is 3. The minimum Gasteiger partial charge on any atom is -0.351 e. The molecular weight excluding hydrogens is 200 g/mol. The molecule has 1 aliphatic heterocycles. The van der Waals surface area contributed by atoms with E-state index in [2.05, 4.69) is 12.2 Å². The van der Waals surface area contributed by atoms with Gasteiger partial charge in [0.05, 0.1) is 5.92 Å². The average molecular weight is 218 g/mol. The molecule has 1 heterocycles. The van der Waals surface area contributed by atoms with Gasteiger partial charge in [0.25, 0.3) is 0 Å². The normalized spacial score (nSPS) is 29.1. The van der Waals surface area contributed by atoms with E-state index in [9.17, 15) is 4.79 Å². The van der Waals surface area contributed by atoms with Crippen molar-refractivity contribution in [1.82, 2.24) is 5.32 Å². The number of hydrogen-bond donors (Lipinski definition) is 2. The Morgan fingerprint density at radius 2 is 2.00 bits per heavy atom. The second kappa shape index (κ2) is 4.66. The fraction of sp³-hybridized carbons (Fsp3) is 0.462. The van der Waals surface area contributed by atoms with Gasteiger partial charge in [-0.05, 0) is 18.4 Å². The van der Waals surface area contributed by atoms with E-state index in [-0.39, 0.29) is 23.9 Å². The van der Waals surface area contributed by atoms with Crippen LogP contribution in [0.15, 0.2) is 30.3 Å². The van der Waals surface area contributed by atoms with E-state index in [1.54, 1.807) is 0 Å². The molecule has 2 rings (SSSR count). The third kappa shape index (κ3) is 2.09. The van der Waals surface area contributed by atoms with E-state index in [1.807, 2.05) is 30.3 Å². The smallest absolute Gasteiger partial charge is 0.225 e. The number of nitrogens with two attached hydrogens (primary N) is 1. The SMILES string of the molecule is CCC1NC(=O)C(Cc2ccccc2)C1N. The van der Waals surface area contributed by atoms with Gasteiger partial charge in [-0.25, -0.2) is 0 Å². The summed E-state index contributed by atoms with van der Waals surface area (Å²) in [5.74, 6) is 0.0237. The summed E-state index contributed by atoms with van der Waals surface area (Å²) in [5, 5.41) is 2.96. The quantitative estimate of drug-likeness (QED) is 0.797. The van der Waals surface area contributed by atoms with Gasteiger partial charge in [0.15, 0.2) is 0 Å². The first-order valence-corrected chi connectivity index (χ1v) is 5.82. The number of benzene rings is 1. The summed E-state index contributed by atoms with van der Waals surface area (Å²) in [6.07, 6.45) is 1.64. The maximum absolute atomic E-state index is 11.8. The molecule has 86 valence electrons. The molecule has 1 aromatic carbocycles. The summed E-state index contributed by atoms with van der Waals surface area (Å²) in [6.45, 7) is 2.05. The summed E-state index contributed by atoms with van der Waals surface area (Å²) < 4.78 is 0. The lowest BCUT2D eigenvalue weighted by molar-refractivity contribution is -0.122. The van der Waals surface area contributed by atoms with E-state index >= 15 is 0 Å². The summed E-state index contributed by atoms with van der Waals surface area (Å²) in [4.78, 5) is 11.8. The number of carbonyl (C=O) groups excluding carboxylic acids is 1. The van der Waals surface area contributed by atoms with E-state index in [0.717, 1.165) is 12.8 Å². The minimum atomic E-state index is -0.0765. The van der Waals surface area contributed by atoms with Gasteiger partial charge < -0.3 is 11.1 Å². The monoisotopic (exact) mass is 218 g/mol. The molecule has 3 atom stereocenters. The van der Waals surface area contributed by atoms with E-state index in [4.69, 9.17) is 5.73 Å². The van der Waals surface area contributed by atoms with Gasteiger partial charge in [0.1, 0.15) is 0 Å². The first-order valence-electron chi connectivity index (χ1n) is 5.82. The zero-order chi connectivity index (χ0) is 11.5. The summed E-state index contributed by atoms with van der Waals surface area (Å²) >= 11 is 0. The summed E-state index contributed by atoms with van der Waals surface area (Å²) in [7, 11) is 0. The second-order valence-electron chi connectivity index (χ2n) is 4.40. The molecule has 0 saturated carbocycles. The molecule has 1 saturated heterocycles. The highest BCUT2D eigenvalue weighted by atomic mass is 16.2. The number of carbonyl (C=O) groups is 1. The second-order valence-corrected chi connectivity index (χ2v) is 4.40. The van der Waals surface area contributed by atoms with Crippen LogP contribution in [0.2, 0.25) is 0 Å². The van der Waals surface area contributed by atoms with Gasteiger partial charge in [-0.3, -0.25) is 4.79 Å². The van der Waals surface area contributed by atoms with Gasteiger partial charge in [-0.1, -0.05) is 37.3 Å². The van der Waals surface area contributed by atoms with Crippen LogP contribution in [0.5, 0.6) is 0 Å². The highest BCUT2D eigenvalue weighted by molar-refractivity contribution is 5.82. The molecule has 3 N–H and O–H groups in total. The van der Waals surface area contributed by atoms with Crippen molar-refractivity contribution < 1.29 is 4.79 Å². The number of hydrogen-bond acceptors (Lipinski definition) is 2. The van der Waals surface area contributed by atoms with Gasteiger partial charge in [-0.2, -0.15) is 0 Å². The Balaban J connectivity index is 2.08. The van der Waals surface area contributed by atoms with Crippen molar-refractivity contribution in [2.24, 2.45) is 11.7 Å². The Labute approximate surface area is 96.0 Å². The van der Waals surface area contributed by atoms with E-state index < -0.39 is 0 Å². The maximum Gasteiger partial charge on any atom is 0.225 e. The van der Waals surface area contributed by atoms with Crippen molar-refractivity contribution in [2.75, 3.05) is 0 Å². The van der Waals surface area contributed by atoms with Crippen molar-refractivity contribution in [3.63, 3.8) is 0 Å². The van der Waals surface area contributed by atoms with Gasteiger partial charge in [-0.15, -0.1) is 0 Å². The van der Waals surface area contributed by atoms with Gasteiger partial charge >= 0.3 is 0 Å². The van der Waals surface area contributed by atoms with Gasteiger partial charge in [0, 0.05) is 12.1 Å². The minimum absolute atomic E-state index is 0.0577. The largest absolute Gasteiger partial charge is 0.351 e. The van der Waals surface area contributed by atoms with Crippen molar-refractivity contribution >= 4 is 5.91 Å². The zero-order valence-corrected chi connectivity index (χ0v) is 9.52. The third-order valence-corrected chi connectivity index (χ3v) is 3.33. The van der Waals surface area contributed by atoms with Gasteiger partial charge in [0.2, 0.25) is 5.91 Å². The molecule has 1 amide bonds. The van der Waals surface area contributed by atoms with Crippen molar-refractivity contribution in [2.45, 2.75) is 31.8 Å². The van der Waals surface area contributed by atoms with Crippen LogP contribution in [0.3, 0.4) is 0 Å². The van der Waals surface area contributed by atoms with Crippen LogP contribution in [0, 0.1) is 5.92 Å². The predicted molar refractivity (Wildman–Crippen MR) is 63.8 cm³/mol. The maximum atomic E-state index is 11.8. The van der Waals surface area contributed by atoms with E-state index in [1.165, 1.54) is 5.56 Å². The van der Waals surface area contributed by atoms with Crippen molar-refractivity contribution in [3.8, 4) is 0 Å². The van der Waals surface area contributed by atoms with Crippen LogP contribution < -0.4 is 11.1 Å². The highest BCUT2D eigenvalue weighted by Gasteiger charge is 2.38. The molecule has 3 nitrogen and oxygen atoms in total. The molecule has 16 heavy (non-hydrogen) atoms. The fourth-order valence-corrected chi connectivity index (χ4v) is 2.31. The molecule has 0 aliphatic carbocycles. The first-order chi connectivity index (χ1) is 7.72. The third-order valence-electron chi connectivity index (χ3n) is 3.33. The highest BCUT2D eigenvalue weighted by Crippen LogP contribution is 2.21. The van der Waals surface area contributed by atoms with E-state index in [0.29, 0.717) is 0 Å². The number of nitrogens with one attached hydrogen (secondary N) is 1. The average Bonchev–Trinajstić information content (AvgIpc) is 2.58. The molecule has 1 fully saturated rings. The van der Waals surface area contributed by atoms with Crippen LogP contribution >= 0.6 is 0 Å². The molecule has 0 spiro atoms. The molecule has 3 unspecified atom stereocenters. The zero-order valence-electron chi connectivity index (χ0n) is 9.52. The van der Waals surface area contributed by atoms with Crippen LogP contribution in [-0.4, -0.2) is 18.0 Å². The topological polar surface area (TPSA) is 55.1 Å². The van der Waals surface area contributed by atoms with Crippen LogP contribution in [0.25, 0.3) is 0 Å². The lowest BCUT2D eigenvalue weighted by atomic mass is 9.91. The van der Waals surface area contributed by atoms with Crippen molar-refractivity contribution in [3.05, 3.63) is 35.9 Å². The molecule has 1 aromatic rings. The molecule has 0 aromatic heterocycles. The molecule has 0 radical (unpaired) electrons. The fourth-order valence-electron chi connectivity index (χ4n) is 2.31. The van der Waals surface area contributed by atoms with Crippen LogP contribution in [-0.2, 0) is 11.2 Å².